The number of amides is 1. The number of carboxylic acids is 1. The van der Waals surface area contributed by atoms with Crippen molar-refractivity contribution >= 4 is 45.5 Å². The van der Waals surface area contributed by atoms with Gasteiger partial charge in [-0.3, -0.25) is 4.79 Å². The second kappa shape index (κ2) is 13.7. The molecular weight excluding hydrogens is 606 g/mol. The first-order valence-electron chi connectivity index (χ1n) is 14.1. The van der Waals surface area contributed by atoms with Crippen molar-refractivity contribution in [3.05, 3.63) is 108 Å². The summed E-state index contributed by atoms with van der Waals surface area (Å²) >= 11 is 0. The first kappa shape index (κ1) is 32.0. The van der Waals surface area contributed by atoms with E-state index in [2.05, 4.69) is 33.6 Å². The number of morpholine rings is 1. The lowest BCUT2D eigenvalue weighted by Crippen LogP contribution is -2.36. The molecule has 3 N–H and O–H groups in total. The van der Waals surface area contributed by atoms with Gasteiger partial charge in [0.1, 0.15) is 5.82 Å². The molecule has 238 valence electrons. The Hall–Kier alpha value is -5.43. The topological polar surface area (TPSA) is 109 Å². The summed E-state index contributed by atoms with van der Waals surface area (Å²) in [5.41, 5.74) is 6.37. The van der Waals surface area contributed by atoms with Crippen molar-refractivity contribution in [2.45, 2.75) is 13.1 Å². The van der Waals surface area contributed by atoms with Crippen molar-refractivity contribution in [1.29, 1.82) is 0 Å². The number of carboxylic acid groups (broad SMARTS) is 1. The van der Waals surface area contributed by atoms with Gasteiger partial charge in [-0.1, -0.05) is 18.2 Å². The highest BCUT2D eigenvalue weighted by atomic mass is 19.4. The first-order chi connectivity index (χ1) is 22.0. The maximum Gasteiger partial charge on any atom is 0.490 e. The van der Waals surface area contributed by atoms with Gasteiger partial charge in [-0.25, -0.2) is 13.9 Å². The quantitative estimate of drug-likeness (QED) is 0.174. The largest absolute Gasteiger partial charge is 0.490 e. The molecule has 0 atom stereocenters. The van der Waals surface area contributed by atoms with Gasteiger partial charge >= 0.3 is 12.1 Å². The maximum atomic E-state index is 14.1. The fourth-order valence-electron chi connectivity index (χ4n) is 4.91. The molecule has 1 aliphatic rings. The van der Waals surface area contributed by atoms with Crippen LogP contribution in [0.1, 0.15) is 15.9 Å². The van der Waals surface area contributed by atoms with Gasteiger partial charge in [0.2, 0.25) is 0 Å². The number of aromatic nitrogens is 2. The number of carbonyl (C=O) groups is 2. The maximum absolute atomic E-state index is 14.1. The van der Waals surface area contributed by atoms with Gasteiger partial charge in [-0.2, -0.15) is 18.3 Å². The van der Waals surface area contributed by atoms with E-state index in [1.54, 1.807) is 35.1 Å². The van der Waals surface area contributed by atoms with Gasteiger partial charge < -0.3 is 25.4 Å². The Labute approximate surface area is 261 Å². The summed E-state index contributed by atoms with van der Waals surface area (Å²) in [5, 5.41) is 18.7. The lowest BCUT2D eigenvalue weighted by molar-refractivity contribution is -0.192. The monoisotopic (exact) mass is 635 g/mol. The van der Waals surface area contributed by atoms with Crippen LogP contribution in [0.5, 0.6) is 0 Å². The Morgan fingerprint density at radius 2 is 1.63 bits per heavy atom. The molecule has 0 aliphatic carbocycles. The molecule has 1 aliphatic heterocycles. The summed E-state index contributed by atoms with van der Waals surface area (Å²) < 4.78 is 53.0. The summed E-state index contributed by atoms with van der Waals surface area (Å²) in [6, 6.07) is 25.6. The second-order valence-electron chi connectivity index (χ2n) is 10.3. The third-order valence-corrected chi connectivity index (χ3v) is 7.12. The van der Waals surface area contributed by atoms with E-state index in [0.29, 0.717) is 11.3 Å². The number of carbonyl (C=O) groups excluding carboxylic acids is 1. The van der Waals surface area contributed by atoms with E-state index < -0.39 is 12.1 Å². The van der Waals surface area contributed by atoms with Crippen LogP contribution < -0.4 is 15.5 Å². The van der Waals surface area contributed by atoms with E-state index in [1.165, 1.54) is 6.07 Å². The number of nitrogens with zero attached hydrogens (tertiary/aromatic N) is 3. The van der Waals surface area contributed by atoms with E-state index in [4.69, 9.17) is 14.6 Å². The van der Waals surface area contributed by atoms with Gasteiger partial charge in [0.25, 0.3) is 5.91 Å². The molecule has 4 aromatic carbocycles. The van der Waals surface area contributed by atoms with Gasteiger partial charge in [-0.15, -0.1) is 0 Å². The molecule has 1 aromatic heterocycles. The second-order valence-corrected chi connectivity index (χ2v) is 10.3. The van der Waals surface area contributed by atoms with E-state index in [9.17, 15) is 22.4 Å². The van der Waals surface area contributed by atoms with Gasteiger partial charge in [0.15, 0.2) is 0 Å². The minimum absolute atomic E-state index is 0.191. The van der Waals surface area contributed by atoms with Crippen molar-refractivity contribution in [3.63, 3.8) is 0 Å². The molecule has 0 bridgehead atoms. The highest BCUT2D eigenvalue weighted by molar-refractivity contribution is 6.04. The van der Waals surface area contributed by atoms with E-state index in [0.717, 1.165) is 65.5 Å². The standard InChI is InChI=1S/C31H28FN5O2.C2HF3O2/c1-21-17-24(9-11-29(21)36-13-15-39-16-14-36)35-31(38)22-5-4-6-26(19-22)37-30-12-10-25(18-23(30)20-33-37)34-28-8-3-2-7-27(28)32;3-2(4,5)1(6)7/h2-12,17-20,34H,13-16H2,1H3,(H,35,38);(H,6,7). The summed E-state index contributed by atoms with van der Waals surface area (Å²) in [7, 11) is 0. The Kier molecular flexibility index (Phi) is 9.52. The van der Waals surface area contributed by atoms with Crippen LogP contribution in [0.2, 0.25) is 0 Å². The molecule has 6 rings (SSSR count). The number of anilines is 4. The van der Waals surface area contributed by atoms with E-state index in [1.807, 2.05) is 48.5 Å². The molecule has 0 spiro atoms. The fraction of sp³-hybridized carbons (Fsp3) is 0.182. The zero-order chi connectivity index (χ0) is 32.8. The van der Waals surface area contributed by atoms with Crippen LogP contribution >= 0.6 is 0 Å². The number of aliphatic carboxylic acids is 1. The molecule has 9 nitrogen and oxygen atoms in total. The molecule has 0 radical (unpaired) electrons. The Morgan fingerprint density at radius 3 is 2.33 bits per heavy atom. The normalized spacial score (nSPS) is 13.1. The van der Waals surface area contributed by atoms with E-state index >= 15 is 0 Å². The third kappa shape index (κ3) is 7.61. The van der Waals surface area contributed by atoms with Crippen LogP contribution in [0.4, 0.5) is 40.3 Å². The molecule has 2 heterocycles. The van der Waals surface area contributed by atoms with Crippen LogP contribution in [0.3, 0.4) is 0 Å². The summed E-state index contributed by atoms with van der Waals surface area (Å²) in [4.78, 5) is 24.3. The average molecular weight is 636 g/mol. The number of aryl methyl sites for hydroxylation is 1. The van der Waals surface area contributed by atoms with Crippen molar-refractivity contribution in [2.75, 3.05) is 41.8 Å². The van der Waals surface area contributed by atoms with Gasteiger partial charge in [0.05, 0.1) is 36.3 Å². The molecule has 0 unspecified atom stereocenters. The minimum Gasteiger partial charge on any atom is -0.475 e. The van der Waals surface area contributed by atoms with Crippen molar-refractivity contribution in [3.8, 4) is 5.69 Å². The summed E-state index contributed by atoms with van der Waals surface area (Å²) in [6.45, 7) is 5.24. The van der Waals surface area contributed by atoms with E-state index in [-0.39, 0.29) is 11.7 Å². The van der Waals surface area contributed by atoms with Crippen LogP contribution in [0, 0.1) is 12.7 Å². The molecule has 1 fully saturated rings. The SMILES string of the molecule is Cc1cc(NC(=O)c2cccc(-n3ncc4cc(Nc5ccccc5F)ccc43)c2)ccc1N1CCOCC1.O=C(O)C(F)(F)F. The molecule has 1 amide bonds. The molecule has 5 aromatic rings. The summed E-state index contributed by atoms with van der Waals surface area (Å²) in [5.74, 6) is -3.26. The number of alkyl halides is 3. The molecule has 13 heteroatoms. The highest BCUT2D eigenvalue weighted by Crippen LogP contribution is 2.27. The Balaban J connectivity index is 0.000000537. The minimum atomic E-state index is -5.08. The predicted octanol–water partition coefficient (Wildman–Crippen LogP) is 6.94. The lowest BCUT2D eigenvalue weighted by atomic mass is 10.1. The number of ether oxygens (including phenoxy) is 1. The predicted molar refractivity (Wildman–Crippen MR) is 167 cm³/mol. The van der Waals surface area contributed by atoms with Gasteiger partial charge in [0, 0.05) is 41.1 Å². The van der Waals surface area contributed by atoms with Crippen LogP contribution in [0.15, 0.2) is 91.1 Å². The number of rotatable bonds is 6. The third-order valence-electron chi connectivity index (χ3n) is 7.12. The number of fused-ring (bicyclic) bond motifs is 1. The number of para-hydroxylation sites is 1. The van der Waals surface area contributed by atoms with Crippen molar-refractivity contribution in [1.82, 2.24) is 9.78 Å². The first-order valence-corrected chi connectivity index (χ1v) is 14.1. The number of benzene rings is 4. The zero-order valence-electron chi connectivity index (χ0n) is 24.5. The number of hydrogen-bond acceptors (Lipinski definition) is 6. The lowest BCUT2D eigenvalue weighted by Gasteiger charge is -2.30. The zero-order valence-corrected chi connectivity index (χ0v) is 24.5. The fourth-order valence-corrected chi connectivity index (χ4v) is 4.91. The van der Waals surface area contributed by atoms with Crippen LogP contribution in [0.25, 0.3) is 16.6 Å². The highest BCUT2D eigenvalue weighted by Gasteiger charge is 2.38. The molecule has 0 saturated carbocycles. The molecule has 1 saturated heterocycles. The smallest absolute Gasteiger partial charge is 0.475 e. The molecule has 46 heavy (non-hydrogen) atoms. The summed E-state index contributed by atoms with van der Waals surface area (Å²) in [6.07, 6.45) is -3.33. The van der Waals surface area contributed by atoms with Crippen molar-refractivity contribution < 1.29 is 37.0 Å². The Morgan fingerprint density at radius 1 is 0.913 bits per heavy atom. The Bertz CT molecular complexity index is 1870. The number of hydrogen-bond donors (Lipinski definition) is 3. The molecular formula is C33H29F4N5O4. The number of halogens is 4. The van der Waals surface area contributed by atoms with Crippen molar-refractivity contribution in [2.24, 2.45) is 0 Å². The number of nitrogens with one attached hydrogen (secondary N) is 2. The average Bonchev–Trinajstić information content (AvgIpc) is 3.46. The van der Waals surface area contributed by atoms with Crippen LogP contribution in [-0.2, 0) is 9.53 Å². The van der Waals surface area contributed by atoms with Gasteiger partial charge in [-0.05, 0) is 79.2 Å². The van der Waals surface area contributed by atoms with Crippen LogP contribution in [-0.4, -0.2) is 59.2 Å².